The van der Waals surface area contributed by atoms with Gasteiger partial charge in [0, 0.05) is 13.1 Å². The molecule has 0 N–H and O–H groups in total. The molecule has 0 spiro atoms. The minimum absolute atomic E-state index is 0.350. The molecule has 88 valence electrons. The molecule has 5 heteroatoms. The monoisotopic (exact) mass is 225 g/mol. The van der Waals surface area contributed by atoms with Crippen LogP contribution in [0.5, 0.6) is 0 Å². The number of esters is 1. The van der Waals surface area contributed by atoms with Crippen LogP contribution in [0.3, 0.4) is 0 Å². The van der Waals surface area contributed by atoms with E-state index in [1.807, 2.05) is 0 Å². The third kappa shape index (κ3) is 2.43. The first-order chi connectivity index (χ1) is 7.81. The smallest absolute Gasteiger partial charge is 0.341 e. The van der Waals surface area contributed by atoms with Crippen molar-refractivity contribution in [3.63, 3.8) is 0 Å². The van der Waals surface area contributed by atoms with Gasteiger partial charge in [-0.3, -0.25) is 4.90 Å². The number of hydrogen-bond acceptors (Lipinski definition) is 5. The van der Waals surface area contributed by atoms with Crippen LogP contribution in [0.25, 0.3) is 0 Å². The number of rotatable bonds is 3. The van der Waals surface area contributed by atoms with E-state index in [-0.39, 0.29) is 5.97 Å². The molecule has 1 aliphatic rings. The molecule has 1 aromatic heterocycles. The van der Waals surface area contributed by atoms with E-state index >= 15 is 0 Å². The number of hydrogen-bond donors (Lipinski definition) is 0. The molecule has 5 nitrogen and oxygen atoms in total. The van der Waals surface area contributed by atoms with Gasteiger partial charge in [-0.15, -0.1) is 0 Å². The SMILES string of the molecule is COC(=O)c1ccoc1CN1CCOCC1. The molecule has 0 saturated carbocycles. The van der Waals surface area contributed by atoms with Gasteiger partial charge in [0.1, 0.15) is 11.3 Å². The molecule has 0 amide bonds. The summed E-state index contributed by atoms with van der Waals surface area (Å²) in [6, 6.07) is 1.64. The second-order valence-electron chi connectivity index (χ2n) is 3.64. The van der Waals surface area contributed by atoms with Gasteiger partial charge >= 0.3 is 5.97 Å². The zero-order valence-corrected chi connectivity index (χ0v) is 9.27. The number of carbonyl (C=O) groups excluding carboxylic acids is 1. The van der Waals surface area contributed by atoms with Crippen molar-refractivity contribution in [2.45, 2.75) is 6.54 Å². The summed E-state index contributed by atoms with van der Waals surface area (Å²) in [5.74, 6) is 0.311. The van der Waals surface area contributed by atoms with Crippen molar-refractivity contribution in [1.82, 2.24) is 4.90 Å². The van der Waals surface area contributed by atoms with Gasteiger partial charge in [-0.25, -0.2) is 4.79 Å². The lowest BCUT2D eigenvalue weighted by atomic mass is 10.2. The number of morpholine rings is 1. The average Bonchev–Trinajstić information content (AvgIpc) is 2.77. The predicted molar refractivity (Wildman–Crippen MR) is 56.1 cm³/mol. The molecule has 0 unspecified atom stereocenters. The molecule has 16 heavy (non-hydrogen) atoms. The van der Waals surface area contributed by atoms with E-state index in [9.17, 15) is 4.79 Å². The summed E-state index contributed by atoms with van der Waals surface area (Å²) in [6.45, 7) is 3.81. The van der Waals surface area contributed by atoms with Crippen LogP contribution in [0.1, 0.15) is 16.1 Å². The van der Waals surface area contributed by atoms with Gasteiger partial charge in [-0.2, -0.15) is 0 Å². The Balaban J connectivity index is 2.03. The largest absolute Gasteiger partial charge is 0.467 e. The zero-order chi connectivity index (χ0) is 11.4. The van der Waals surface area contributed by atoms with E-state index in [1.54, 1.807) is 6.07 Å². The zero-order valence-electron chi connectivity index (χ0n) is 9.27. The maximum Gasteiger partial charge on any atom is 0.341 e. The van der Waals surface area contributed by atoms with E-state index in [2.05, 4.69) is 9.64 Å². The second-order valence-corrected chi connectivity index (χ2v) is 3.64. The van der Waals surface area contributed by atoms with Crippen LogP contribution in [-0.4, -0.2) is 44.3 Å². The molecule has 1 fully saturated rings. The minimum Gasteiger partial charge on any atom is -0.467 e. The summed E-state index contributed by atoms with van der Waals surface area (Å²) >= 11 is 0. The molecule has 1 saturated heterocycles. The Morgan fingerprint density at radius 3 is 2.94 bits per heavy atom. The minimum atomic E-state index is -0.350. The first-order valence-electron chi connectivity index (χ1n) is 5.26. The molecule has 0 aromatic carbocycles. The Kier molecular flexibility index (Phi) is 3.58. The van der Waals surface area contributed by atoms with E-state index < -0.39 is 0 Å². The highest BCUT2D eigenvalue weighted by atomic mass is 16.5. The van der Waals surface area contributed by atoms with Gasteiger partial charge in [0.15, 0.2) is 0 Å². The fourth-order valence-corrected chi connectivity index (χ4v) is 1.72. The van der Waals surface area contributed by atoms with Gasteiger partial charge < -0.3 is 13.9 Å². The summed E-state index contributed by atoms with van der Waals surface area (Å²) in [5.41, 5.74) is 0.508. The Bertz CT molecular complexity index is 355. The Hall–Kier alpha value is -1.33. The standard InChI is InChI=1S/C11H15NO4/c1-14-11(13)9-2-5-16-10(9)8-12-3-6-15-7-4-12/h2,5H,3-4,6-8H2,1H3. The van der Waals surface area contributed by atoms with Gasteiger partial charge in [0.05, 0.1) is 33.1 Å². The van der Waals surface area contributed by atoms with Crippen LogP contribution >= 0.6 is 0 Å². The summed E-state index contributed by atoms with van der Waals surface area (Å²) in [7, 11) is 1.37. The van der Waals surface area contributed by atoms with Crippen LogP contribution in [-0.2, 0) is 16.0 Å². The molecular weight excluding hydrogens is 210 g/mol. The molecule has 0 bridgehead atoms. The van der Waals surface area contributed by atoms with Crippen molar-refractivity contribution < 1.29 is 18.7 Å². The first kappa shape index (κ1) is 11.2. The van der Waals surface area contributed by atoms with Crippen molar-refractivity contribution in [3.8, 4) is 0 Å². The number of methoxy groups -OCH3 is 1. The molecule has 1 aliphatic heterocycles. The van der Waals surface area contributed by atoms with Crippen LogP contribution in [0.2, 0.25) is 0 Å². The van der Waals surface area contributed by atoms with Gasteiger partial charge in [0.25, 0.3) is 0 Å². The van der Waals surface area contributed by atoms with Gasteiger partial charge in [-0.05, 0) is 6.07 Å². The van der Waals surface area contributed by atoms with Crippen molar-refractivity contribution in [2.75, 3.05) is 33.4 Å². The molecule has 0 atom stereocenters. The van der Waals surface area contributed by atoms with E-state index in [4.69, 9.17) is 9.15 Å². The predicted octanol–water partition coefficient (Wildman–Crippen LogP) is 0.898. The van der Waals surface area contributed by atoms with E-state index in [0.29, 0.717) is 17.9 Å². The quantitative estimate of drug-likeness (QED) is 0.715. The maximum atomic E-state index is 11.4. The van der Waals surface area contributed by atoms with Crippen LogP contribution in [0.4, 0.5) is 0 Å². The fourth-order valence-electron chi connectivity index (χ4n) is 1.72. The Morgan fingerprint density at radius 2 is 2.25 bits per heavy atom. The highest BCUT2D eigenvalue weighted by Crippen LogP contribution is 2.15. The second kappa shape index (κ2) is 5.14. The fraction of sp³-hybridized carbons (Fsp3) is 0.545. The Labute approximate surface area is 93.9 Å². The maximum absolute atomic E-state index is 11.4. The van der Waals surface area contributed by atoms with Gasteiger partial charge in [0.2, 0.25) is 0 Å². The van der Waals surface area contributed by atoms with Crippen molar-refractivity contribution in [1.29, 1.82) is 0 Å². The molecule has 0 radical (unpaired) electrons. The van der Waals surface area contributed by atoms with Crippen molar-refractivity contribution >= 4 is 5.97 Å². The average molecular weight is 225 g/mol. The normalized spacial score (nSPS) is 17.3. The number of furan rings is 1. The number of ether oxygens (including phenoxy) is 2. The number of nitrogens with zero attached hydrogens (tertiary/aromatic N) is 1. The molecule has 2 heterocycles. The summed E-state index contributed by atoms with van der Waals surface area (Å²) < 4.78 is 15.2. The third-order valence-electron chi connectivity index (χ3n) is 2.62. The van der Waals surface area contributed by atoms with E-state index in [1.165, 1.54) is 13.4 Å². The van der Waals surface area contributed by atoms with E-state index in [0.717, 1.165) is 26.3 Å². The topological polar surface area (TPSA) is 51.9 Å². The van der Waals surface area contributed by atoms with Crippen LogP contribution in [0, 0.1) is 0 Å². The molecular formula is C11H15NO4. The number of carbonyl (C=O) groups is 1. The Morgan fingerprint density at radius 1 is 1.50 bits per heavy atom. The third-order valence-corrected chi connectivity index (χ3v) is 2.62. The first-order valence-corrected chi connectivity index (χ1v) is 5.26. The lowest BCUT2D eigenvalue weighted by molar-refractivity contribution is 0.0308. The molecule has 1 aromatic rings. The molecule has 0 aliphatic carbocycles. The lowest BCUT2D eigenvalue weighted by Gasteiger charge is -2.25. The summed E-state index contributed by atoms with van der Waals surface area (Å²) in [5, 5.41) is 0. The summed E-state index contributed by atoms with van der Waals surface area (Å²) in [4.78, 5) is 13.6. The van der Waals surface area contributed by atoms with Crippen LogP contribution in [0.15, 0.2) is 16.7 Å². The van der Waals surface area contributed by atoms with Crippen LogP contribution < -0.4 is 0 Å². The highest BCUT2D eigenvalue weighted by Gasteiger charge is 2.19. The molecule has 2 rings (SSSR count). The van der Waals surface area contributed by atoms with Gasteiger partial charge in [-0.1, -0.05) is 0 Å². The van der Waals surface area contributed by atoms with Crippen molar-refractivity contribution in [2.24, 2.45) is 0 Å². The van der Waals surface area contributed by atoms with Crippen molar-refractivity contribution in [3.05, 3.63) is 23.7 Å². The highest BCUT2D eigenvalue weighted by molar-refractivity contribution is 5.90. The lowest BCUT2D eigenvalue weighted by Crippen LogP contribution is -2.35. The summed E-state index contributed by atoms with van der Waals surface area (Å²) in [6.07, 6.45) is 1.52.